The van der Waals surface area contributed by atoms with Crippen LogP contribution in [-0.4, -0.2) is 25.4 Å². The van der Waals surface area contributed by atoms with E-state index in [9.17, 15) is 5.11 Å². The van der Waals surface area contributed by atoms with Crippen LogP contribution in [-0.2, 0) is 10.3 Å². The van der Waals surface area contributed by atoms with Gasteiger partial charge in [0.2, 0.25) is 0 Å². The lowest BCUT2D eigenvalue weighted by Crippen LogP contribution is -2.23. The minimum Gasteiger partial charge on any atom is -0.491 e. The first kappa shape index (κ1) is 13.6. The Kier molecular flexibility index (Phi) is 4.24. The molecule has 0 aliphatic carbocycles. The Morgan fingerprint density at radius 3 is 2.68 bits per heavy atom. The zero-order valence-corrected chi connectivity index (χ0v) is 11.1. The molecule has 0 radical (unpaired) electrons. The highest BCUT2D eigenvalue weighted by atomic mass is 16.5. The van der Waals surface area contributed by atoms with Gasteiger partial charge >= 0.3 is 0 Å². The van der Waals surface area contributed by atoms with E-state index in [4.69, 9.17) is 13.9 Å². The second kappa shape index (κ2) is 5.91. The summed E-state index contributed by atoms with van der Waals surface area (Å²) in [4.78, 5) is 0. The lowest BCUT2D eigenvalue weighted by molar-refractivity contribution is 0.0937. The molecule has 4 heteroatoms. The van der Waals surface area contributed by atoms with Crippen LogP contribution in [0.25, 0.3) is 0 Å². The van der Waals surface area contributed by atoms with Crippen molar-refractivity contribution in [2.75, 3.05) is 20.3 Å². The van der Waals surface area contributed by atoms with Crippen LogP contribution in [0, 0.1) is 0 Å². The Labute approximate surface area is 112 Å². The van der Waals surface area contributed by atoms with Crippen molar-refractivity contribution in [3.63, 3.8) is 0 Å². The summed E-state index contributed by atoms with van der Waals surface area (Å²) >= 11 is 0. The molecule has 0 fully saturated rings. The molecule has 0 aliphatic heterocycles. The van der Waals surface area contributed by atoms with E-state index in [1.54, 1.807) is 20.1 Å². The second-order valence-electron chi connectivity index (χ2n) is 4.42. The highest BCUT2D eigenvalue weighted by Crippen LogP contribution is 2.35. The highest BCUT2D eigenvalue weighted by molar-refractivity contribution is 5.43. The average Bonchev–Trinajstić information content (AvgIpc) is 2.94. The minimum absolute atomic E-state index is 0.439. The summed E-state index contributed by atoms with van der Waals surface area (Å²) in [7, 11) is 1.62. The van der Waals surface area contributed by atoms with E-state index in [1.807, 2.05) is 24.3 Å². The molecule has 4 nitrogen and oxygen atoms in total. The van der Waals surface area contributed by atoms with Gasteiger partial charge in [-0.1, -0.05) is 18.2 Å². The van der Waals surface area contributed by atoms with Crippen LogP contribution in [0.3, 0.4) is 0 Å². The van der Waals surface area contributed by atoms with E-state index < -0.39 is 5.60 Å². The molecular weight excluding hydrogens is 244 g/mol. The summed E-state index contributed by atoms with van der Waals surface area (Å²) in [5.41, 5.74) is 0.235. The number of furan rings is 1. The van der Waals surface area contributed by atoms with Crippen LogP contribution >= 0.6 is 0 Å². The fourth-order valence-electron chi connectivity index (χ4n) is 1.93. The Bertz CT molecular complexity index is 503. The van der Waals surface area contributed by atoms with Gasteiger partial charge in [0.15, 0.2) is 0 Å². The molecule has 0 bridgehead atoms. The third kappa shape index (κ3) is 2.97. The molecular formula is C15H18O4. The molecule has 0 saturated carbocycles. The molecule has 0 aliphatic rings. The number of ether oxygens (including phenoxy) is 2. The van der Waals surface area contributed by atoms with Crippen LogP contribution < -0.4 is 4.74 Å². The molecule has 2 aromatic rings. The number of rotatable bonds is 6. The van der Waals surface area contributed by atoms with Gasteiger partial charge in [0, 0.05) is 18.2 Å². The molecule has 0 spiro atoms. The summed E-state index contributed by atoms with van der Waals surface area (Å²) in [5, 5.41) is 10.7. The maximum Gasteiger partial charge on any atom is 0.125 e. The number of aliphatic hydroxyl groups is 1. The molecule has 0 saturated heterocycles. The monoisotopic (exact) mass is 262 g/mol. The fourth-order valence-corrected chi connectivity index (χ4v) is 1.93. The van der Waals surface area contributed by atoms with Gasteiger partial charge in [0.25, 0.3) is 0 Å². The number of hydrogen-bond acceptors (Lipinski definition) is 4. The molecule has 1 N–H and O–H groups in total. The number of methoxy groups -OCH3 is 1. The lowest BCUT2D eigenvalue weighted by Gasteiger charge is -2.25. The summed E-state index contributed by atoms with van der Waals surface area (Å²) in [5.74, 6) is 0.644. The first-order valence-corrected chi connectivity index (χ1v) is 6.12. The number of para-hydroxylation sites is 1. The van der Waals surface area contributed by atoms with Crippen molar-refractivity contribution < 1.29 is 19.0 Å². The van der Waals surface area contributed by atoms with Crippen molar-refractivity contribution in [1.29, 1.82) is 0 Å². The third-order valence-electron chi connectivity index (χ3n) is 3.04. The summed E-state index contributed by atoms with van der Waals surface area (Å²) in [6.45, 7) is 2.66. The maximum absolute atomic E-state index is 10.7. The van der Waals surface area contributed by atoms with Crippen molar-refractivity contribution in [2.24, 2.45) is 0 Å². The van der Waals surface area contributed by atoms with Crippen molar-refractivity contribution in [3.8, 4) is 5.75 Å². The van der Waals surface area contributed by atoms with Crippen molar-refractivity contribution in [3.05, 3.63) is 54.0 Å². The van der Waals surface area contributed by atoms with Crippen molar-refractivity contribution in [2.45, 2.75) is 12.5 Å². The molecule has 1 aromatic heterocycles. The normalized spacial score (nSPS) is 14.1. The maximum atomic E-state index is 10.7. The highest BCUT2D eigenvalue weighted by Gasteiger charge is 2.29. The first-order chi connectivity index (χ1) is 9.16. The van der Waals surface area contributed by atoms with Crippen LogP contribution in [0.2, 0.25) is 0 Å². The zero-order valence-electron chi connectivity index (χ0n) is 11.1. The Morgan fingerprint density at radius 1 is 1.21 bits per heavy atom. The van der Waals surface area contributed by atoms with Gasteiger partial charge in [-0.05, 0) is 19.1 Å². The van der Waals surface area contributed by atoms with Crippen LogP contribution in [0.5, 0.6) is 5.75 Å². The van der Waals surface area contributed by atoms with Gasteiger partial charge in [0.1, 0.15) is 18.0 Å². The topological polar surface area (TPSA) is 51.8 Å². The predicted octanol–water partition coefficient (Wildman–Crippen LogP) is 2.56. The Hall–Kier alpha value is -1.78. The molecule has 1 aromatic carbocycles. The van der Waals surface area contributed by atoms with Gasteiger partial charge in [0.05, 0.1) is 19.1 Å². The second-order valence-corrected chi connectivity index (χ2v) is 4.42. The molecule has 102 valence electrons. The fraction of sp³-hybridized carbons (Fsp3) is 0.333. The van der Waals surface area contributed by atoms with Gasteiger partial charge in [-0.25, -0.2) is 0 Å². The average molecular weight is 262 g/mol. The third-order valence-corrected chi connectivity index (χ3v) is 3.04. The predicted molar refractivity (Wildman–Crippen MR) is 71.2 cm³/mol. The van der Waals surface area contributed by atoms with E-state index in [2.05, 4.69) is 0 Å². The van der Waals surface area contributed by atoms with E-state index in [0.29, 0.717) is 30.1 Å². The van der Waals surface area contributed by atoms with Crippen LogP contribution in [0.15, 0.2) is 47.3 Å². The molecule has 19 heavy (non-hydrogen) atoms. The van der Waals surface area contributed by atoms with Crippen LogP contribution in [0.1, 0.15) is 18.1 Å². The quantitative estimate of drug-likeness (QED) is 0.813. The van der Waals surface area contributed by atoms with E-state index >= 15 is 0 Å². The van der Waals surface area contributed by atoms with E-state index in [0.717, 1.165) is 0 Å². The van der Waals surface area contributed by atoms with Crippen molar-refractivity contribution in [1.82, 2.24) is 0 Å². The Morgan fingerprint density at radius 2 is 2.00 bits per heavy atom. The lowest BCUT2D eigenvalue weighted by atomic mass is 9.89. The molecule has 1 atom stereocenters. The number of hydrogen-bond donors (Lipinski definition) is 1. The molecule has 1 heterocycles. The van der Waals surface area contributed by atoms with Gasteiger partial charge in [-0.3, -0.25) is 0 Å². The smallest absolute Gasteiger partial charge is 0.125 e. The molecule has 1 unspecified atom stereocenters. The van der Waals surface area contributed by atoms with Gasteiger partial charge in [-0.2, -0.15) is 0 Å². The Balaban J connectivity index is 2.28. The summed E-state index contributed by atoms with van der Waals surface area (Å²) in [6.07, 6.45) is 3.07. The van der Waals surface area contributed by atoms with Crippen molar-refractivity contribution >= 4 is 0 Å². The standard InChI is InChI=1S/C15H18O4/c1-15(16,12-7-8-18-11-12)13-5-3-4-6-14(13)19-10-9-17-2/h3-8,11,16H,9-10H2,1-2H3. The van der Waals surface area contributed by atoms with E-state index in [-0.39, 0.29) is 0 Å². The number of benzene rings is 1. The van der Waals surface area contributed by atoms with E-state index in [1.165, 1.54) is 12.5 Å². The zero-order chi connectivity index (χ0) is 13.7. The van der Waals surface area contributed by atoms with Crippen LogP contribution in [0.4, 0.5) is 0 Å². The molecule has 2 rings (SSSR count). The SMILES string of the molecule is COCCOc1ccccc1C(C)(O)c1ccoc1. The first-order valence-electron chi connectivity index (χ1n) is 6.12. The van der Waals surface area contributed by atoms with Gasteiger partial charge in [-0.15, -0.1) is 0 Å². The minimum atomic E-state index is -1.16. The summed E-state index contributed by atoms with van der Waals surface area (Å²) < 4.78 is 15.6. The largest absolute Gasteiger partial charge is 0.491 e. The summed E-state index contributed by atoms with van der Waals surface area (Å²) in [6, 6.07) is 9.16. The van der Waals surface area contributed by atoms with Gasteiger partial charge < -0.3 is 19.0 Å². The molecule has 0 amide bonds.